The van der Waals surface area contributed by atoms with Crippen molar-refractivity contribution in [3.63, 3.8) is 0 Å². The molecule has 0 heterocycles. The van der Waals surface area contributed by atoms with Crippen molar-refractivity contribution in [3.8, 4) is 0 Å². The zero-order valence-corrected chi connectivity index (χ0v) is 10.4. The maximum absolute atomic E-state index is 11.8. The highest BCUT2D eigenvalue weighted by molar-refractivity contribution is 9.11. The van der Waals surface area contributed by atoms with E-state index in [0.717, 1.165) is 5.56 Å². The van der Waals surface area contributed by atoms with Gasteiger partial charge in [0, 0.05) is 12.7 Å². The second-order valence-electron chi connectivity index (χ2n) is 2.96. The number of carbonyl (C=O) groups is 1. The van der Waals surface area contributed by atoms with E-state index in [2.05, 4.69) is 28.6 Å². The Labute approximate surface area is 97.2 Å². The molecule has 0 radical (unpaired) electrons. The van der Waals surface area contributed by atoms with Gasteiger partial charge in [-0.3, -0.25) is 4.79 Å². The van der Waals surface area contributed by atoms with Gasteiger partial charge >= 0.3 is 0 Å². The van der Waals surface area contributed by atoms with Crippen molar-refractivity contribution in [2.24, 2.45) is 0 Å². The number of aryl methyl sites for hydroxylation is 1. The van der Waals surface area contributed by atoms with Gasteiger partial charge in [-0.25, -0.2) is 0 Å². The quantitative estimate of drug-likeness (QED) is 0.397. The van der Waals surface area contributed by atoms with Crippen molar-refractivity contribution in [1.29, 1.82) is 0 Å². The summed E-state index contributed by atoms with van der Waals surface area (Å²) in [6.45, 7) is 1.96. The van der Waals surface area contributed by atoms with Gasteiger partial charge in [0.25, 0.3) is 0 Å². The number of alkyl halides is 1. The second-order valence-corrected chi connectivity index (χ2v) is 5.32. The third-order valence-corrected chi connectivity index (χ3v) is 2.93. The standard InChI is InChI=1S/C10H11BrO2S/c1-7-3-5-8(6-4-7)9(12)10(11,14)13-2/h3-6,14H,1-2H3. The van der Waals surface area contributed by atoms with Crippen LogP contribution >= 0.6 is 28.6 Å². The number of hydrogen-bond acceptors (Lipinski definition) is 3. The van der Waals surface area contributed by atoms with Crippen LogP contribution in [0.1, 0.15) is 15.9 Å². The predicted molar refractivity (Wildman–Crippen MR) is 63.2 cm³/mol. The van der Waals surface area contributed by atoms with E-state index in [0.29, 0.717) is 5.56 Å². The van der Waals surface area contributed by atoms with E-state index in [1.807, 2.05) is 19.1 Å². The summed E-state index contributed by atoms with van der Waals surface area (Å²) in [7, 11) is 1.42. The summed E-state index contributed by atoms with van der Waals surface area (Å²) in [6, 6.07) is 7.26. The minimum Gasteiger partial charge on any atom is -0.351 e. The Kier molecular flexibility index (Phi) is 3.75. The maximum atomic E-state index is 11.8. The van der Waals surface area contributed by atoms with Gasteiger partial charge in [-0.1, -0.05) is 29.8 Å². The molecule has 0 aliphatic carbocycles. The normalized spacial score (nSPS) is 14.9. The molecule has 0 saturated heterocycles. The lowest BCUT2D eigenvalue weighted by atomic mass is 10.1. The van der Waals surface area contributed by atoms with Gasteiger partial charge in [0.2, 0.25) is 9.63 Å². The lowest BCUT2D eigenvalue weighted by molar-refractivity contribution is 0.0749. The minimum absolute atomic E-state index is 0.205. The van der Waals surface area contributed by atoms with Gasteiger partial charge in [0.15, 0.2) is 0 Å². The number of hydrogen-bond donors (Lipinski definition) is 1. The largest absolute Gasteiger partial charge is 0.351 e. The van der Waals surface area contributed by atoms with Crippen LogP contribution in [0.2, 0.25) is 0 Å². The highest BCUT2D eigenvalue weighted by Gasteiger charge is 2.31. The number of rotatable bonds is 3. The summed E-state index contributed by atoms with van der Waals surface area (Å²) in [5, 5.41) is 0. The van der Waals surface area contributed by atoms with Crippen LogP contribution in [0.15, 0.2) is 24.3 Å². The number of halogens is 1. The molecule has 76 valence electrons. The molecular weight excluding hydrogens is 264 g/mol. The SMILES string of the molecule is COC(S)(Br)C(=O)c1ccc(C)cc1. The number of carbonyl (C=O) groups excluding carboxylic acids is 1. The molecule has 4 heteroatoms. The van der Waals surface area contributed by atoms with Crippen molar-refractivity contribution in [2.75, 3.05) is 7.11 Å². The van der Waals surface area contributed by atoms with Crippen LogP contribution in [0, 0.1) is 6.92 Å². The molecule has 1 unspecified atom stereocenters. The molecule has 0 aromatic heterocycles. The molecule has 1 atom stereocenters. The van der Waals surface area contributed by atoms with Crippen LogP contribution in [0.3, 0.4) is 0 Å². The number of methoxy groups -OCH3 is 1. The van der Waals surface area contributed by atoms with Gasteiger partial charge in [-0.2, -0.15) is 0 Å². The fourth-order valence-electron chi connectivity index (χ4n) is 0.976. The first-order chi connectivity index (χ1) is 6.47. The average Bonchev–Trinajstić information content (AvgIpc) is 2.18. The van der Waals surface area contributed by atoms with Crippen LogP contribution in [0.5, 0.6) is 0 Å². The molecule has 1 rings (SSSR count). The molecule has 0 aliphatic rings. The third-order valence-electron chi connectivity index (χ3n) is 1.86. The van der Waals surface area contributed by atoms with Crippen molar-refractivity contribution in [2.45, 2.75) is 10.8 Å². The summed E-state index contributed by atoms with van der Waals surface area (Å²) in [6.07, 6.45) is 0. The lowest BCUT2D eigenvalue weighted by Crippen LogP contribution is -2.27. The summed E-state index contributed by atoms with van der Waals surface area (Å²) < 4.78 is 3.68. The summed E-state index contributed by atoms with van der Waals surface area (Å²) in [5.74, 6) is -0.205. The molecule has 1 aromatic rings. The fourth-order valence-corrected chi connectivity index (χ4v) is 1.33. The molecule has 0 amide bonds. The Morgan fingerprint density at radius 3 is 2.36 bits per heavy atom. The van der Waals surface area contributed by atoms with Crippen LogP contribution in [-0.4, -0.2) is 16.7 Å². The van der Waals surface area contributed by atoms with E-state index in [4.69, 9.17) is 4.74 Å². The van der Waals surface area contributed by atoms with Gasteiger partial charge in [0.1, 0.15) is 0 Å². The van der Waals surface area contributed by atoms with Crippen LogP contribution in [-0.2, 0) is 4.74 Å². The zero-order chi connectivity index (χ0) is 10.8. The van der Waals surface area contributed by atoms with E-state index in [1.165, 1.54) is 7.11 Å². The number of Topliss-reactive ketones (excluding diaryl/α,β-unsaturated/α-hetero) is 1. The summed E-state index contributed by atoms with van der Waals surface area (Å²) in [5.41, 5.74) is 1.68. The molecular formula is C10H11BrO2S. The molecule has 0 bridgehead atoms. The Morgan fingerprint density at radius 2 is 1.93 bits per heavy atom. The summed E-state index contributed by atoms with van der Waals surface area (Å²) >= 11 is 7.16. The number of thiol groups is 1. The van der Waals surface area contributed by atoms with Crippen molar-refractivity contribution >= 4 is 34.3 Å². The number of ketones is 1. The van der Waals surface area contributed by atoms with E-state index < -0.39 is 3.84 Å². The number of benzene rings is 1. The lowest BCUT2D eigenvalue weighted by Gasteiger charge is -2.17. The smallest absolute Gasteiger partial charge is 0.230 e. The predicted octanol–water partition coefficient (Wildman–Crippen LogP) is 2.80. The highest BCUT2D eigenvalue weighted by Crippen LogP contribution is 2.28. The van der Waals surface area contributed by atoms with Crippen LogP contribution in [0.25, 0.3) is 0 Å². The van der Waals surface area contributed by atoms with Crippen LogP contribution in [0.4, 0.5) is 0 Å². The topological polar surface area (TPSA) is 26.3 Å². The molecule has 0 N–H and O–H groups in total. The highest BCUT2D eigenvalue weighted by atomic mass is 79.9. The molecule has 1 aromatic carbocycles. The van der Waals surface area contributed by atoms with Gasteiger partial charge in [-0.05, 0) is 22.9 Å². The van der Waals surface area contributed by atoms with Crippen molar-refractivity contribution < 1.29 is 9.53 Å². The molecule has 14 heavy (non-hydrogen) atoms. The third kappa shape index (κ3) is 2.59. The first-order valence-corrected chi connectivity index (χ1v) is 5.29. The Bertz CT molecular complexity index is 332. The molecule has 0 spiro atoms. The molecule has 0 aliphatic heterocycles. The summed E-state index contributed by atoms with van der Waals surface area (Å²) in [4.78, 5) is 11.8. The van der Waals surface area contributed by atoms with E-state index in [9.17, 15) is 4.79 Å². The Morgan fingerprint density at radius 1 is 1.43 bits per heavy atom. The Balaban J connectivity index is 2.96. The maximum Gasteiger partial charge on any atom is 0.230 e. The van der Waals surface area contributed by atoms with Crippen molar-refractivity contribution in [1.82, 2.24) is 0 Å². The molecule has 0 fully saturated rings. The van der Waals surface area contributed by atoms with E-state index >= 15 is 0 Å². The second kappa shape index (κ2) is 4.47. The molecule has 2 nitrogen and oxygen atoms in total. The monoisotopic (exact) mass is 274 g/mol. The zero-order valence-electron chi connectivity index (χ0n) is 7.95. The Hall–Kier alpha value is -0.320. The van der Waals surface area contributed by atoms with Crippen molar-refractivity contribution in [3.05, 3.63) is 35.4 Å². The fraction of sp³-hybridized carbons (Fsp3) is 0.300. The average molecular weight is 275 g/mol. The first kappa shape index (κ1) is 11.8. The van der Waals surface area contributed by atoms with Gasteiger partial charge in [0.05, 0.1) is 0 Å². The number of ether oxygens (including phenoxy) is 1. The van der Waals surface area contributed by atoms with E-state index in [-0.39, 0.29) is 5.78 Å². The van der Waals surface area contributed by atoms with Crippen LogP contribution < -0.4 is 0 Å². The minimum atomic E-state index is -1.23. The van der Waals surface area contributed by atoms with Gasteiger partial charge in [-0.15, -0.1) is 12.6 Å². The first-order valence-electron chi connectivity index (χ1n) is 4.05. The van der Waals surface area contributed by atoms with E-state index in [1.54, 1.807) is 12.1 Å². The molecule has 0 saturated carbocycles. The van der Waals surface area contributed by atoms with Gasteiger partial charge < -0.3 is 4.74 Å².